The number of quaternary nitrogens is 1. The molecule has 0 atom stereocenters. The van der Waals surface area contributed by atoms with Gasteiger partial charge in [-0.25, -0.2) is 0 Å². The second-order valence-electron chi connectivity index (χ2n) is 7.60. The largest absolute Gasteiger partial charge is 0.550 e. The van der Waals surface area contributed by atoms with E-state index in [0.29, 0.717) is 0 Å². The third-order valence-electron chi connectivity index (χ3n) is 4.50. The van der Waals surface area contributed by atoms with E-state index in [2.05, 4.69) is 32.7 Å². The second kappa shape index (κ2) is 19.6. The summed E-state index contributed by atoms with van der Waals surface area (Å²) in [5.41, 5.74) is 0. The van der Waals surface area contributed by atoms with Crippen LogP contribution in [-0.4, -0.2) is 44.4 Å². The van der Waals surface area contributed by atoms with Gasteiger partial charge in [0.1, 0.15) is 0 Å². The zero-order chi connectivity index (χ0) is 19.4. The quantitative estimate of drug-likeness (QED) is 0.231. The van der Waals surface area contributed by atoms with E-state index in [1.54, 1.807) is 6.92 Å². The molecule has 0 amide bonds. The van der Waals surface area contributed by atoms with Crippen LogP contribution in [0.15, 0.2) is 0 Å². The first-order valence-electron chi connectivity index (χ1n) is 10.5. The maximum absolute atomic E-state index is 9.27. The van der Waals surface area contributed by atoms with Gasteiger partial charge in [-0.1, -0.05) is 65.2 Å². The zero-order valence-electron chi connectivity index (χ0n) is 17.8. The summed E-state index contributed by atoms with van der Waals surface area (Å²) < 4.78 is 5.08. The number of carbonyl (C=O) groups excluding carboxylic acids is 1. The lowest BCUT2D eigenvalue weighted by Gasteiger charge is -2.30. The van der Waals surface area contributed by atoms with Gasteiger partial charge in [-0.15, -0.1) is 0 Å². The fourth-order valence-electron chi connectivity index (χ4n) is 2.87. The van der Waals surface area contributed by atoms with Gasteiger partial charge in [0.25, 0.3) is 6.16 Å². The summed E-state index contributed by atoms with van der Waals surface area (Å²) in [5.74, 6) is 0. The van der Waals surface area contributed by atoms with Gasteiger partial charge in [0.15, 0.2) is 0 Å². The molecule has 0 aliphatic heterocycles. The molecule has 0 N–H and O–H groups in total. The number of carbonyl (C=O) groups is 1. The molecule has 0 spiro atoms. The lowest BCUT2D eigenvalue weighted by atomic mass is 10.1. The Balaban J connectivity index is 0. The monoisotopic (exact) mass is 359 g/mol. The molecular formula is C21H45NO3. The van der Waals surface area contributed by atoms with Gasteiger partial charge in [-0.05, 0) is 32.6 Å². The van der Waals surface area contributed by atoms with E-state index >= 15 is 0 Å². The van der Waals surface area contributed by atoms with Crippen LogP contribution in [0.25, 0.3) is 0 Å². The SMILES string of the molecule is CCCCCCCC[N+](C)(C)CCCCCCCC.CCOC(=O)[O-]. The summed E-state index contributed by atoms with van der Waals surface area (Å²) in [7, 11) is 4.83. The van der Waals surface area contributed by atoms with Crippen molar-refractivity contribution >= 4 is 6.16 Å². The van der Waals surface area contributed by atoms with Crippen LogP contribution >= 0.6 is 0 Å². The van der Waals surface area contributed by atoms with Crippen molar-refractivity contribution in [2.45, 2.75) is 97.8 Å². The summed E-state index contributed by atoms with van der Waals surface area (Å²) in [5, 5.41) is 9.27. The van der Waals surface area contributed by atoms with Crippen LogP contribution in [0.1, 0.15) is 97.8 Å². The molecule has 0 saturated heterocycles. The Morgan fingerprint density at radius 2 is 1.08 bits per heavy atom. The summed E-state index contributed by atoms with van der Waals surface area (Å²) in [6.07, 6.45) is 15.6. The van der Waals surface area contributed by atoms with Gasteiger partial charge in [0, 0.05) is 6.61 Å². The van der Waals surface area contributed by atoms with E-state index in [4.69, 9.17) is 0 Å². The van der Waals surface area contributed by atoms with Crippen molar-refractivity contribution in [2.24, 2.45) is 0 Å². The van der Waals surface area contributed by atoms with Crippen molar-refractivity contribution in [2.75, 3.05) is 33.8 Å². The molecule has 0 aromatic heterocycles. The molecule has 0 aliphatic rings. The molecule has 152 valence electrons. The van der Waals surface area contributed by atoms with Gasteiger partial charge >= 0.3 is 0 Å². The van der Waals surface area contributed by atoms with Crippen LogP contribution in [-0.2, 0) is 4.74 Å². The normalized spacial score (nSPS) is 10.9. The Morgan fingerprint density at radius 3 is 1.36 bits per heavy atom. The van der Waals surface area contributed by atoms with Crippen molar-refractivity contribution in [3.63, 3.8) is 0 Å². The van der Waals surface area contributed by atoms with Gasteiger partial charge in [0.05, 0.1) is 27.2 Å². The Morgan fingerprint density at radius 1 is 0.720 bits per heavy atom. The Hall–Kier alpha value is -0.770. The van der Waals surface area contributed by atoms with Crippen LogP contribution < -0.4 is 5.11 Å². The van der Waals surface area contributed by atoms with E-state index in [-0.39, 0.29) is 6.61 Å². The average Bonchev–Trinajstić information content (AvgIpc) is 2.54. The second-order valence-corrected chi connectivity index (χ2v) is 7.60. The molecule has 0 aliphatic carbocycles. The van der Waals surface area contributed by atoms with Crippen LogP contribution in [0.4, 0.5) is 4.79 Å². The number of ether oxygens (including phenoxy) is 1. The third kappa shape index (κ3) is 25.6. The fourth-order valence-corrected chi connectivity index (χ4v) is 2.87. The first-order valence-corrected chi connectivity index (χ1v) is 10.5. The fraction of sp³-hybridized carbons (Fsp3) is 0.952. The van der Waals surface area contributed by atoms with E-state index in [1.807, 2.05) is 0 Å². The molecule has 0 fully saturated rings. The highest BCUT2D eigenvalue weighted by Crippen LogP contribution is 2.11. The number of rotatable bonds is 15. The predicted octanol–water partition coefficient (Wildman–Crippen LogP) is 5.15. The van der Waals surface area contributed by atoms with E-state index in [9.17, 15) is 9.90 Å². The minimum Gasteiger partial charge on any atom is -0.550 e. The molecule has 0 aromatic rings. The number of nitrogens with zero attached hydrogens (tertiary/aromatic N) is 1. The summed E-state index contributed by atoms with van der Waals surface area (Å²) in [6.45, 7) is 9.08. The molecule has 0 heterocycles. The Kier molecular flexibility index (Phi) is 20.7. The van der Waals surface area contributed by atoms with Crippen LogP contribution in [0.2, 0.25) is 0 Å². The maximum atomic E-state index is 9.27. The molecule has 4 heteroatoms. The van der Waals surface area contributed by atoms with Gasteiger partial charge in [0.2, 0.25) is 0 Å². The molecule has 0 radical (unpaired) electrons. The van der Waals surface area contributed by atoms with Crippen LogP contribution in [0.5, 0.6) is 0 Å². The van der Waals surface area contributed by atoms with E-state index in [0.717, 1.165) is 0 Å². The highest BCUT2D eigenvalue weighted by atomic mass is 16.7. The van der Waals surface area contributed by atoms with Crippen molar-refractivity contribution in [3.8, 4) is 0 Å². The van der Waals surface area contributed by atoms with Crippen molar-refractivity contribution in [3.05, 3.63) is 0 Å². The summed E-state index contributed by atoms with van der Waals surface area (Å²) >= 11 is 0. The highest BCUT2D eigenvalue weighted by Gasteiger charge is 2.13. The third-order valence-corrected chi connectivity index (χ3v) is 4.50. The van der Waals surface area contributed by atoms with Crippen molar-refractivity contribution in [1.29, 1.82) is 0 Å². The van der Waals surface area contributed by atoms with Gasteiger partial charge < -0.3 is 19.1 Å². The Labute approximate surface area is 157 Å². The smallest absolute Gasteiger partial charge is 0.251 e. The number of carboxylic acid groups (broad SMARTS) is 1. The molecule has 0 aromatic carbocycles. The first-order chi connectivity index (χ1) is 11.9. The number of unbranched alkanes of at least 4 members (excludes halogenated alkanes) is 10. The lowest BCUT2D eigenvalue weighted by Crippen LogP contribution is -2.41. The molecule has 0 rings (SSSR count). The topological polar surface area (TPSA) is 49.4 Å². The van der Waals surface area contributed by atoms with Gasteiger partial charge in [-0.3, -0.25) is 0 Å². The first kappa shape index (κ1) is 26.5. The molecule has 0 unspecified atom stereocenters. The molecule has 25 heavy (non-hydrogen) atoms. The summed E-state index contributed by atoms with van der Waals surface area (Å²) in [4.78, 5) is 9.27. The minimum atomic E-state index is -1.46. The zero-order valence-corrected chi connectivity index (χ0v) is 17.8. The van der Waals surface area contributed by atoms with E-state index < -0.39 is 6.16 Å². The Bertz CT molecular complexity index is 262. The minimum absolute atomic E-state index is 0.169. The van der Waals surface area contributed by atoms with Crippen molar-refractivity contribution in [1.82, 2.24) is 0 Å². The average molecular weight is 360 g/mol. The number of hydrogen-bond acceptors (Lipinski definition) is 3. The maximum Gasteiger partial charge on any atom is 0.251 e. The number of hydrogen-bond donors (Lipinski definition) is 0. The van der Waals surface area contributed by atoms with Crippen LogP contribution in [0.3, 0.4) is 0 Å². The molecular weight excluding hydrogens is 314 g/mol. The lowest BCUT2D eigenvalue weighted by molar-refractivity contribution is -0.890. The highest BCUT2D eigenvalue weighted by molar-refractivity contribution is 5.53. The molecule has 0 bridgehead atoms. The predicted molar refractivity (Wildman–Crippen MR) is 106 cm³/mol. The van der Waals surface area contributed by atoms with Crippen molar-refractivity contribution < 1.29 is 19.1 Å². The molecule has 0 saturated carbocycles. The van der Waals surface area contributed by atoms with Crippen LogP contribution in [0, 0.1) is 0 Å². The van der Waals surface area contributed by atoms with E-state index in [1.165, 1.54) is 94.6 Å². The summed E-state index contributed by atoms with van der Waals surface area (Å²) in [6, 6.07) is 0. The molecule has 4 nitrogen and oxygen atoms in total. The standard InChI is InChI=1S/C18H40N.C3H6O3/c1-5-7-9-11-13-15-17-19(3,4)18-16-14-12-10-8-6-2;1-2-6-3(4)5/h5-18H2,1-4H3;2H2,1H3,(H,4,5)/q+1;/p-1. The van der Waals surface area contributed by atoms with Gasteiger partial charge in [-0.2, -0.15) is 0 Å².